The van der Waals surface area contributed by atoms with Gasteiger partial charge in [-0.25, -0.2) is 19.6 Å². The lowest BCUT2D eigenvalue weighted by molar-refractivity contribution is 0.0741. The van der Waals surface area contributed by atoms with Gasteiger partial charge in [0.2, 0.25) is 5.95 Å². The van der Waals surface area contributed by atoms with Crippen molar-refractivity contribution in [1.82, 2.24) is 29.6 Å². The zero-order chi connectivity index (χ0) is 28.6. The van der Waals surface area contributed by atoms with E-state index in [9.17, 15) is 10.1 Å². The van der Waals surface area contributed by atoms with Crippen LogP contribution in [0.25, 0.3) is 11.1 Å². The van der Waals surface area contributed by atoms with Gasteiger partial charge in [0.05, 0.1) is 31.5 Å². The molecule has 0 spiro atoms. The van der Waals surface area contributed by atoms with Crippen molar-refractivity contribution in [2.75, 3.05) is 38.7 Å². The normalized spacial score (nSPS) is 14.0. The zero-order valence-corrected chi connectivity index (χ0v) is 22.9. The number of benzene rings is 2. The molecule has 1 aliphatic rings. The Kier molecular flexibility index (Phi) is 8.66. The zero-order valence-electron chi connectivity index (χ0n) is 22.9. The largest absolute Gasteiger partial charge is 0.495 e. The Bertz CT molecular complexity index is 1510. The van der Waals surface area contributed by atoms with Crippen LogP contribution in [0.2, 0.25) is 0 Å². The Morgan fingerprint density at radius 1 is 1.12 bits per heavy atom. The SMILES string of the molecule is COc1cc(C(=O)N2CCCOCC2)ccc1Nc1ncc(-c2ccc(C#N)c(O[C@@H](C)Cn3cncn3)c2)cn1. The van der Waals surface area contributed by atoms with Crippen LogP contribution in [-0.4, -0.2) is 75.1 Å². The molecule has 1 atom stereocenters. The number of aromatic nitrogens is 5. The molecule has 1 amide bonds. The number of carbonyl (C=O) groups excluding carboxylic acids is 1. The molecular formula is C29H30N8O4. The van der Waals surface area contributed by atoms with Gasteiger partial charge in [-0.3, -0.25) is 4.79 Å². The minimum Gasteiger partial charge on any atom is -0.495 e. The second kappa shape index (κ2) is 12.9. The quantitative estimate of drug-likeness (QED) is 0.326. The number of anilines is 2. The third-order valence-corrected chi connectivity index (χ3v) is 6.53. The summed E-state index contributed by atoms with van der Waals surface area (Å²) in [5, 5.41) is 16.8. The summed E-state index contributed by atoms with van der Waals surface area (Å²) in [4.78, 5) is 27.7. The van der Waals surface area contributed by atoms with Crippen LogP contribution in [0, 0.1) is 11.3 Å². The molecule has 0 aliphatic carbocycles. The van der Waals surface area contributed by atoms with E-state index >= 15 is 0 Å². The summed E-state index contributed by atoms with van der Waals surface area (Å²) in [7, 11) is 1.55. The van der Waals surface area contributed by atoms with Gasteiger partial charge in [0.25, 0.3) is 5.91 Å². The highest BCUT2D eigenvalue weighted by Crippen LogP contribution is 2.30. The lowest BCUT2D eigenvalue weighted by Gasteiger charge is -2.20. The van der Waals surface area contributed by atoms with Crippen molar-refractivity contribution in [1.29, 1.82) is 5.26 Å². The molecule has 0 unspecified atom stereocenters. The Balaban J connectivity index is 1.28. The summed E-state index contributed by atoms with van der Waals surface area (Å²) in [5.74, 6) is 1.28. The van der Waals surface area contributed by atoms with Crippen LogP contribution in [0.5, 0.6) is 11.5 Å². The molecule has 210 valence electrons. The lowest BCUT2D eigenvalue weighted by Crippen LogP contribution is -2.33. The van der Waals surface area contributed by atoms with E-state index in [1.807, 2.05) is 13.0 Å². The third kappa shape index (κ3) is 6.77. The number of ether oxygens (including phenoxy) is 3. The maximum absolute atomic E-state index is 13.0. The highest BCUT2D eigenvalue weighted by atomic mass is 16.5. The summed E-state index contributed by atoms with van der Waals surface area (Å²) in [5.41, 5.74) is 3.16. The maximum atomic E-state index is 13.0. The molecule has 5 rings (SSSR count). The minimum atomic E-state index is -0.239. The maximum Gasteiger partial charge on any atom is 0.254 e. The molecule has 1 saturated heterocycles. The number of amides is 1. The van der Waals surface area contributed by atoms with Crippen LogP contribution < -0.4 is 14.8 Å². The first kappa shape index (κ1) is 27.5. The summed E-state index contributed by atoms with van der Waals surface area (Å²) in [6.45, 7) is 4.82. The van der Waals surface area contributed by atoms with Gasteiger partial charge in [0, 0.05) is 43.2 Å². The van der Waals surface area contributed by atoms with Crippen LogP contribution in [-0.2, 0) is 11.3 Å². The van der Waals surface area contributed by atoms with Gasteiger partial charge in [-0.05, 0) is 49.2 Å². The number of nitrogens with one attached hydrogen (secondary N) is 1. The fraction of sp³-hybridized carbons (Fsp3) is 0.310. The minimum absolute atomic E-state index is 0.0560. The van der Waals surface area contributed by atoms with E-state index in [4.69, 9.17) is 14.2 Å². The van der Waals surface area contributed by atoms with Crippen molar-refractivity contribution in [2.24, 2.45) is 0 Å². The van der Waals surface area contributed by atoms with Crippen LogP contribution in [0.3, 0.4) is 0 Å². The van der Waals surface area contributed by atoms with E-state index in [-0.39, 0.29) is 12.0 Å². The van der Waals surface area contributed by atoms with E-state index < -0.39 is 0 Å². The average molecular weight is 555 g/mol. The van der Waals surface area contributed by atoms with Crippen molar-refractivity contribution in [3.05, 3.63) is 72.6 Å². The molecule has 0 radical (unpaired) electrons. The van der Waals surface area contributed by atoms with E-state index in [1.54, 1.807) is 65.7 Å². The van der Waals surface area contributed by atoms with Crippen molar-refractivity contribution in [2.45, 2.75) is 26.0 Å². The molecule has 1 aliphatic heterocycles. The van der Waals surface area contributed by atoms with E-state index in [0.717, 1.165) is 17.5 Å². The third-order valence-electron chi connectivity index (χ3n) is 6.53. The summed E-state index contributed by atoms with van der Waals surface area (Å²) in [6.07, 6.45) is 7.03. The highest BCUT2D eigenvalue weighted by molar-refractivity contribution is 5.95. The fourth-order valence-electron chi connectivity index (χ4n) is 4.46. The van der Waals surface area contributed by atoms with Gasteiger partial charge < -0.3 is 24.4 Å². The standard InChI is InChI=1S/C29H30N8O4/c1-20(17-37-19-31-18-34-37)41-26-12-21(4-5-23(26)14-30)24-15-32-29(33-16-24)35-25-7-6-22(13-27(25)39-2)28(38)36-8-3-10-40-11-9-36/h4-7,12-13,15-16,18-20H,3,8-11,17H2,1-2H3,(H,32,33,35)/t20-/m0/s1. The number of rotatable bonds is 9. The monoisotopic (exact) mass is 554 g/mol. The number of methoxy groups -OCH3 is 1. The number of carbonyl (C=O) groups is 1. The second-order valence-electron chi connectivity index (χ2n) is 9.46. The van der Waals surface area contributed by atoms with Crippen LogP contribution in [0.4, 0.5) is 11.6 Å². The first-order valence-electron chi connectivity index (χ1n) is 13.2. The smallest absolute Gasteiger partial charge is 0.254 e. The summed E-state index contributed by atoms with van der Waals surface area (Å²) >= 11 is 0. The molecule has 1 N–H and O–H groups in total. The van der Waals surface area contributed by atoms with E-state index in [0.29, 0.717) is 67.1 Å². The van der Waals surface area contributed by atoms with Gasteiger partial charge in [-0.15, -0.1) is 0 Å². The Hall–Kier alpha value is -5.02. The number of nitrogens with zero attached hydrogens (tertiary/aromatic N) is 7. The molecule has 12 nitrogen and oxygen atoms in total. The van der Waals surface area contributed by atoms with Gasteiger partial charge in [0.1, 0.15) is 36.3 Å². The number of nitriles is 1. The second-order valence-corrected chi connectivity index (χ2v) is 9.46. The predicted octanol–water partition coefficient (Wildman–Crippen LogP) is 3.69. The van der Waals surface area contributed by atoms with Gasteiger partial charge in [-0.1, -0.05) is 6.07 Å². The summed E-state index contributed by atoms with van der Waals surface area (Å²) < 4.78 is 18.7. The van der Waals surface area contributed by atoms with Gasteiger partial charge in [0.15, 0.2) is 0 Å². The predicted molar refractivity (Wildman–Crippen MR) is 150 cm³/mol. The molecule has 12 heteroatoms. The molecule has 0 saturated carbocycles. The van der Waals surface area contributed by atoms with Gasteiger partial charge >= 0.3 is 0 Å². The Morgan fingerprint density at radius 2 is 1.98 bits per heavy atom. The van der Waals surface area contributed by atoms with Crippen molar-refractivity contribution in [3.8, 4) is 28.7 Å². The topological polar surface area (TPSA) is 140 Å². The number of hydrogen-bond acceptors (Lipinski definition) is 10. The number of hydrogen-bond donors (Lipinski definition) is 1. The van der Waals surface area contributed by atoms with Crippen LogP contribution >= 0.6 is 0 Å². The first-order valence-corrected chi connectivity index (χ1v) is 13.2. The highest BCUT2D eigenvalue weighted by Gasteiger charge is 2.19. The lowest BCUT2D eigenvalue weighted by atomic mass is 10.1. The van der Waals surface area contributed by atoms with Gasteiger partial charge in [-0.2, -0.15) is 10.4 Å². The van der Waals surface area contributed by atoms with Crippen LogP contribution in [0.1, 0.15) is 29.3 Å². The molecule has 4 aromatic rings. The molecule has 0 bridgehead atoms. The summed E-state index contributed by atoms with van der Waals surface area (Å²) in [6, 6.07) is 12.8. The molecular weight excluding hydrogens is 524 g/mol. The molecule has 2 aromatic heterocycles. The average Bonchev–Trinajstić information content (AvgIpc) is 3.35. The van der Waals surface area contributed by atoms with Crippen molar-refractivity contribution in [3.63, 3.8) is 0 Å². The molecule has 1 fully saturated rings. The Labute approximate surface area is 237 Å². The first-order chi connectivity index (χ1) is 20.0. The van der Waals surface area contributed by atoms with Crippen molar-refractivity contribution < 1.29 is 19.0 Å². The van der Waals surface area contributed by atoms with E-state index in [1.165, 1.54) is 6.33 Å². The van der Waals surface area contributed by atoms with Crippen LogP contribution in [0.15, 0.2) is 61.4 Å². The molecule has 41 heavy (non-hydrogen) atoms. The Morgan fingerprint density at radius 3 is 2.73 bits per heavy atom. The fourth-order valence-corrected chi connectivity index (χ4v) is 4.46. The molecule has 3 heterocycles. The molecule has 2 aromatic carbocycles. The van der Waals surface area contributed by atoms with Crippen molar-refractivity contribution >= 4 is 17.5 Å². The van der Waals surface area contributed by atoms with E-state index in [2.05, 4.69) is 31.4 Å².